The number of pyridine rings is 1. The number of halogens is 1. The highest BCUT2D eigenvalue weighted by atomic mass is 19.1. The summed E-state index contributed by atoms with van der Waals surface area (Å²) < 4.78 is 13.1. The van der Waals surface area contributed by atoms with Crippen molar-refractivity contribution in [2.75, 3.05) is 0 Å². The molecule has 1 aromatic carbocycles. The Morgan fingerprint density at radius 1 is 1.14 bits per heavy atom. The van der Waals surface area contributed by atoms with Crippen LogP contribution in [0.25, 0.3) is 0 Å². The van der Waals surface area contributed by atoms with Crippen LogP contribution in [0.4, 0.5) is 4.39 Å². The third kappa shape index (κ3) is 3.53. The van der Waals surface area contributed by atoms with Crippen molar-refractivity contribution in [2.45, 2.75) is 50.6 Å². The predicted octanol–water partition coefficient (Wildman–Crippen LogP) is 4.60. The van der Waals surface area contributed by atoms with Gasteiger partial charge in [-0.3, -0.25) is 4.98 Å². The summed E-state index contributed by atoms with van der Waals surface area (Å²) in [5.41, 5.74) is 2.46. The highest BCUT2D eigenvalue weighted by Gasteiger charge is 2.27. The smallest absolute Gasteiger partial charge is 0.123 e. The summed E-state index contributed by atoms with van der Waals surface area (Å²) in [6, 6.07) is 11.7. The Hall–Kier alpha value is -1.74. The lowest BCUT2D eigenvalue weighted by Gasteiger charge is -2.34. The Morgan fingerprint density at radius 3 is 2.64 bits per heavy atom. The van der Waals surface area contributed by atoms with Crippen LogP contribution < -0.4 is 5.32 Å². The quantitative estimate of drug-likeness (QED) is 0.892. The Bertz CT molecular complexity index is 582. The predicted molar refractivity (Wildman–Crippen MR) is 87.2 cm³/mol. The van der Waals surface area contributed by atoms with Gasteiger partial charge in [-0.25, -0.2) is 4.39 Å². The molecule has 3 rings (SSSR count). The summed E-state index contributed by atoms with van der Waals surface area (Å²) >= 11 is 0. The number of hydrogen-bond donors (Lipinski definition) is 1. The highest BCUT2D eigenvalue weighted by molar-refractivity contribution is 5.21. The number of nitrogens with one attached hydrogen (secondary N) is 1. The van der Waals surface area contributed by atoms with Crippen LogP contribution in [0.2, 0.25) is 0 Å². The number of nitrogens with zero attached hydrogens (tertiary/aromatic N) is 1. The molecule has 22 heavy (non-hydrogen) atoms. The van der Waals surface area contributed by atoms with E-state index in [-0.39, 0.29) is 11.9 Å². The Morgan fingerprint density at radius 2 is 1.91 bits per heavy atom. The van der Waals surface area contributed by atoms with Gasteiger partial charge in [0, 0.05) is 30.4 Å². The van der Waals surface area contributed by atoms with E-state index in [9.17, 15) is 4.39 Å². The van der Waals surface area contributed by atoms with Crippen molar-refractivity contribution in [1.82, 2.24) is 10.3 Å². The van der Waals surface area contributed by atoms with Gasteiger partial charge in [0.15, 0.2) is 0 Å². The monoisotopic (exact) mass is 298 g/mol. The molecule has 1 fully saturated rings. The van der Waals surface area contributed by atoms with Gasteiger partial charge in [0.05, 0.1) is 0 Å². The van der Waals surface area contributed by atoms with Crippen molar-refractivity contribution in [3.05, 3.63) is 65.7 Å². The molecule has 0 spiro atoms. The second kappa shape index (κ2) is 7.01. The number of aromatic nitrogens is 1. The normalized spacial score (nSPS) is 23.2. The molecule has 0 radical (unpaired) electrons. The van der Waals surface area contributed by atoms with Crippen molar-refractivity contribution in [1.29, 1.82) is 0 Å². The molecule has 0 amide bonds. The average Bonchev–Trinajstić information content (AvgIpc) is 2.57. The van der Waals surface area contributed by atoms with Crippen LogP contribution in [0.3, 0.4) is 0 Å². The topological polar surface area (TPSA) is 24.9 Å². The summed E-state index contributed by atoms with van der Waals surface area (Å²) in [5.74, 6) is 0.340. The van der Waals surface area contributed by atoms with E-state index in [0.29, 0.717) is 12.0 Å². The second-order valence-electron chi connectivity index (χ2n) is 6.22. The van der Waals surface area contributed by atoms with Gasteiger partial charge < -0.3 is 5.32 Å². The van der Waals surface area contributed by atoms with Crippen molar-refractivity contribution >= 4 is 0 Å². The van der Waals surface area contributed by atoms with Gasteiger partial charge in [0.25, 0.3) is 0 Å². The third-order valence-corrected chi connectivity index (χ3v) is 4.71. The first-order valence-electron chi connectivity index (χ1n) is 8.15. The van der Waals surface area contributed by atoms with E-state index in [4.69, 9.17) is 0 Å². The maximum atomic E-state index is 13.1. The molecule has 2 nitrogen and oxygen atoms in total. The summed E-state index contributed by atoms with van der Waals surface area (Å²) in [6.07, 6.45) is 8.76. The third-order valence-electron chi connectivity index (χ3n) is 4.71. The molecule has 1 N–H and O–H groups in total. The first-order valence-corrected chi connectivity index (χ1v) is 8.15. The van der Waals surface area contributed by atoms with Gasteiger partial charge in [-0.2, -0.15) is 0 Å². The largest absolute Gasteiger partial charge is 0.307 e. The van der Waals surface area contributed by atoms with Crippen LogP contribution in [0.1, 0.15) is 55.7 Å². The van der Waals surface area contributed by atoms with Gasteiger partial charge in [0.1, 0.15) is 5.82 Å². The molecule has 0 aliphatic heterocycles. The minimum absolute atomic E-state index is 0.179. The van der Waals surface area contributed by atoms with Crippen LogP contribution in [-0.4, -0.2) is 11.0 Å². The van der Waals surface area contributed by atoms with Crippen LogP contribution >= 0.6 is 0 Å². The van der Waals surface area contributed by atoms with E-state index in [1.54, 1.807) is 0 Å². The maximum Gasteiger partial charge on any atom is 0.123 e. The van der Waals surface area contributed by atoms with Crippen molar-refractivity contribution < 1.29 is 4.39 Å². The van der Waals surface area contributed by atoms with Gasteiger partial charge in [-0.1, -0.05) is 31.0 Å². The lowest BCUT2D eigenvalue weighted by Crippen LogP contribution is -2.38. The SMILES string of the molecule is C[C@@H](N[C@@H]1CCCC[C@H]1c1cccnc1)c1ccc(F)cc1. The molecule has 116 valence electrons. The Balaban J connectivity index is 1.72. The zero-order valence-corrected chi connectivity index (χ0v) is 13.0. The highest BCUT2D eigenvalue weighted by Crippen LogP contribution is 2.34. The number of hydrogen-bond acceptors (Lipinski definition) is 2. The maximum absolute atomic E-state index is 13.1. The number of benzene rings is 1. The van der Waals surface area contributed by atoms with Crippen molar-refractivity contribution in [2.24, 2.45) is 0 Å². The number of rotatable bonds is 4. The van der Waals surface area contributed by atoms with E-state index in [2.05, 4.69) is 23.3 Å². The molecule has 0 unspecified atom stereocenters. The van der Waals surface area contributed by atoms with E-state index in [1.165, 1.54) is 43.4 Å². The molecule has 1 aliphatic rings. The van der Waals surface area contributed by atoms with E-state index < -0.39 is 0 Å². The molecule has 3 heteroatoms. The first-order chi connectivity index (χ1) is 10.7. The van der Waals surface area contributed by atoms with Crippen LogP contribution in [0, 0.1) is 5.82 Å². The molecule has 0 saturated heterocycles. The fourth-order valence-electron chi connectivity index (χ4n) is 3.49. The molecule has 1 heterocycles. The average molecular weight is 298 g/mol. The van der Waals surface area contributed by atoms with E-state index >= 15 is 0 Å². The summed E-state index contributed by atoms with van der Waals surface area (Å²) in [4.78, 5) is 4.27. The molecule has 1 aromatic heterocycles. The fraction of sp³-hybridized carbons (Fsp3) is 0.421. The first kappa shape index (κ1) is 15.2. The fourth-order valence-corrected chi connectivity index (χ4v) is 3.49. The Labute approximate surface area is 131 Å². The zero-order chi connectivity index (χ0) is 15.4. The summed E-state index contributed by atoms with van der Waals surface area (Å²) in [5, 5.41) is 3.75. The van der Waals surface area contributed by atoms with Gasteiger partial charge in [0.2, 0.25) is 0 Å². The van der Waals surface area contributed by atoms with E-state index in [0.717, 1.165) is 5.56 Å². The summed E-state index contributed by atoms with van der Waals surface area (Å²) in [7, 11) is 0. The van der Waals surface area contributed by atoms with Crippen molar-refractivity contribution in [3.63, 3.8) is 0 Å². The zero-order valence-electron chi connectivity index (χ0n) is 13.0. The second-order valence-corrected chi connectivity index (χ2v) is 6.22. The van der Waals surface area contributed by atoms with Crippen LogP contribution in [-0.2, 0) is 0 Å². The minimum atomic E-state index is -0.179. The van der Waals surface area contributed by atoms with Crippen molar-refractivity contribution in [3.8, 4) is 0 Å². The van der Waals surface area contributed by atoms with Crippen LogP contribution in [0.5, 0.6) is 0 Å². The molecule has 1 saturated carbocycles. The van der Waals surface area contributed by atoms with Gasteiger partial charge in [-0.05, 0) is 49.1 Å². The minimum Gasteiger partial charge on any atom is -0.307 e. The summed E-state index contributed by atoms with van der Waals surface area (Å²) in [6.45, 7) is 2.15. The molecular formula is C19H23FN2. The van der Waals surface area contributed by atoms with Gasteiger partial charge in [-0.15, -0.1) is 0 Å². The van der Waals surface area contributed by atoms with Crippen LogP contribution in [0.15, 0.2) is 48.8 Å². The Kier molecular flexibility index (Phi) is 4.84. The van der Waals surface area contributed by atoms with E-state index in [1.807, 2.05) is 30.6 Å². The lowest BCUT2D eigenvalue weighted by atomic mass is 9.80. The molecule has 2 aromatic rings. The molecule has 1 aliphatic carbocycles. The standard InChI is InChI=1S/C19H23FN2/c1-14(15-8-10-17(20)11-9-15)22-19-7-3-2-6-18(19)16-5-4-12-21-13-16/h4-5,8-14,18-19,22H,2-3,6-7H2,1H3/t14-,18+,19-/m1/s1. The lowest BCUT2D eigenvalue weighted by molar-refractivity contribution is 0.305. The van der Waals surface area contributed by atoms with Gasteiger partial charge >= 0.3 is 0 Å². The molecule has 0 bridgehead atoms. The molecular weight excluding hydrogens is 275 g/mol. The molecule has 3 atom stereocenters.